The lowest BCUT2D eigenvalue weighted by atomic mass is 10.1. The zero-order valence-corrected chi connectivity index (χ0v) is 16.5. The van der Waals surface area contributed by atoms with Crippen LogP contribution in [0.3, 0.4) is 0 Å². The number of benzene rings is 2. The normalized spacial score (nSPS) is 11.4. The second-order valence-corrected chi connectivity index (χ2v) is 7.41. The fourth-order valence-electron chi connectivity index (χ4n) is 3.47. The summed E-state index contributed by atoms with van der Waals surface area (Å²) in [6, 6.07) is 17.9. The Balaban J connectivity index is 1.46. The monoisotopic (exact) mass is 417 g/mol. The van der Waals surface area contributed by atoms with Crippen LogP contribution in [-0.2, 0) is 13.0 Å². The van der Waals surface area contributed by atoms with Gasteiger partial charge in [-0.3, -0.25) is 19.3 Å². The van der Waals surface area contributed by atoms with Crippen molar-refractivity contribution in [2.24, 2.45) is 0 Å². The summed E-state index contributed by atoms with van der Waals surface area (Å²) >= 11 is 6.07. The summed E-state index contributed by atoms with van der Waals surface area (Å²) in [4.78, 5) is 34.1. The van der Waals surface area contributed by atoms with Crippen LogP contribution >= 0.6 is 11.6 Å². The summed E-state index contributed by atoms with van der Waals surface area (Å²) in [6.45, 7) is 0.380. The summed E-state index contributed by atoms with van der Waals surface area (Å²) in [5, 5.41) is 4.24. The van der Waals surface area contributed by atoms with Crippen molar-refractivity contribution >= 4 is 28.2 Å². The number of fused-ring (bicyclic) bond motifs is 2. The fraction of sp³-hybridized carbons (Fsp3) is 0.0909. The van der Waals surface area contributed by atoms with E-state index < -0.39 is 0 Å². The third-order valence-corrected chi connectivity index (χ3v) is 5.21. The average molecular weight is 418 g/mol. The predicted octanol–water partition coefficient (Wildman–Crippen LogP) is 3.30. The number of hydrogen-bond acceptors (Lipinski definition) is 4. The molecule has 0 amide bonds. The van der Waals surface area contributed by atoms with Crippen molar-refractivity contribution in [3.05, 3.63) is 98.4 Å². The second kappa shape index (κ2) is 7.27. The Labute approximate surface area is 175 Å². The zero-order chi connectivity index (χ0) is 20.7. The largest absolute Gasteiger partial charge is 0.298 e. The SMILES string of the molecule is O=c1c2ccccc2ncn1CCc1cc(=O)n2[nH]c(-c3cccc(Cl)c3)cc2n1. The molecule has 5 aromatic rings. The Morgan fingerprint density at radius 2 is 1.87 bits per heavy atom. The molecule has 148 valence electrons. The second-order valence-electron chi connectivity index (χ2n) is 6.97. The van der Waals surface area contributed by atoms with Crippen molar-refractivity contribution in [2.45, 2.75) is 13.0 Å². The third-order valence-electron chi connectivity index (χ3n) is 4.98. The highest BCUT2D eigenvalue weighted by Gasteiger charge is 2.10. The zero-order valence-electron chi connectivity index (χ0n) is 15.7. The van der Waals surface area contributed by atoms with E-state index >= 15 is 0 Å². The number of hydrogen-bond donors (Lipinski definition) is 1. The number of H-pyrrole nitrogens is 1. The van der Waals surface area contributed by atoms with Gasteiger partial charge in [0.2, 0.25) is 0 Å². The van der Waals surface area contributed by atoms with E-state index in [2.05, 4.69) is 15.1 Å². The van der Waals surface area contributed by atoms with E-state index in [9.17, 15) is 9.59 Å². The molecule has 0 fully saturated rings. The quantitative estimate of drug-likeness (QED) is 0.486. The number of nitrogens with zero attached hydrogens (tertiary/aromatic N) is 4. The standard InChI is InChI=1S/C22H16ClN5O2/c23-15-5-3-4-14(10-15)19-12-20-25-16(11-21(29)28(20)26-19)8-9-27-13-24-18-7-2-1-6-17(18)22(27)30/h1-7,10-13,26H,8-9H2. The summed E-state index contributed by atoms with van der Waals surface area (Å²) in [6.07, 6.45) is 1.97. The van der Waals surface area contributed by atoms with Crippen LogP contribution in [0.25, 0.3) is 27.8 Å². The van der Waals surface area contributed by atoms with Crippen LogP contribution in [0, 0.1) is 0 Å². The van der Waals surface area contributed by atoms with Crippen molar-refractivity contribution in [3.8, 4) is 11.3 Å². The Hall–Kier alpha value is -3.71. The minimum Gasteiger partial charge on any atom is -0.298 e. The average Bonchev–Trinajstić information content (AvgIpc) is 3.18. The molecule has 0 atom stereocenters. The molecule has 2 aromatic carbocycles. The number of aryl methyl sites for hydroxylation is 2. The Bertz CT molecular complexity index is 1520. The van der Waals surface area contributed by atoms with Crippen LogP contribution in [0.2, 0.25) is 5.02 Å². The Kier molecular flexibility index (Phi) is 4.44. The van der Waals surface area contributed by atoms with Gasteiger partial charge < -0.3 is 0 Å². The topological polar surface area (TPSA) is 85.0 Å². The van der Waals surface area contributed by atoms with E-state index in [1.54, 1.807) is 28.8 Å². The highest BCUT2D eigenvalue weighted by Crippen LogP contribution is 2.22. The minimum absolute atomic E-state index is 0.108. The van der Waals surface area contributed by atoms with Gasteiger partial charge in [-0.25, -0.2) is 14.5 Å². The van der Waals surface area contributed by atoms with E-state index in [0.29, 0.717) is 40.2 Å². The maximum atomic E-state index is 12.6. The van der Waals surface area contributed by atoms with Gasteiger partial charge in [0.1, 0.15) is 0 Å². The highest BCUT2D eigenvalue weighted by atomic mass is 35.5. The van der Waals surface area contributed by atoms with Crippen molar-refractivity contribution in [1.82, 2.24) is 24.1 Å². The first-order valence-electron chi connectivity index (χ1n) is 9.40. The maximum absolute atomic E-state index is 12.6. The number of rotatable bonds is 4. The number of aromatic amines is 1. The summed E-state index contributed by atoms with van der Waals surface area (Å²) < 4.78 is 2.93. The van der Waals surface area contributed by atoms with Gasteiger partial charge in [-0.05, 0) is 24.3 Å². The van der Waals surface area contributed by atoms with Crippen LogP contribution < -0.4 is 11.1 Å². The number of aromatic nitrogens is 5. The van der Waals surface area contributed by atoms with Gasteiger partial charge in [-0.2, -0.15) is 0 Å². The molecule has 8 heteroatoms. The third kappa shape index (κ3) is 3.29. The molecule has 0 aliphatic carbocycles. The molecule has 3 aromatic heterocycles. The van der Waals surface area contributed by atoms with Gasteiger partial charge >= 0.3 is 0 Å². The van der Waals surface area contributed by atoms with E-state index in [1.807, 2.05) is 30.3 Å². The molecular formula is C22H16ClN5O2. The molecule has 1 N–H and O–H groups in total. The molecule has 3 heterocycles. The number of nitrogens with one attached hydrogen (secondary N) is 1. The molecule has 7 nitrogen and oxygen atoms in total. The van der Waals surface area contributed by atoms with E-state index in [4.69, 9.17) is 11.6 Å². The van der Waals surface area contributed by atoms with Crippen LogP contribution in [-0.4, -0.2) is 24.1 Å². The Morgan fingerprint density at radius 3 is 2.73 bits per heavy atom. The van der Waals surface area contributed by atoms with Gasteiger partial charge in [0.15, 0.2) is 5.65 Å². The first kappa shape index (κ1) is 18.3. The van der Waals surface area contributed by atoms with E-state index in [0.717, 1.165) is 11.3 Å². The number of para-hydroxylation sites is 1. The van der Waals surface area contributed by atoms with Gasteiger partial charge in [-0.15, -0.1) is 0 Å². The van der Waals surface area contributed by atoms with Gasteiger partial charge in [0.25, 0.3) is 11.1 Å². The van der Waals surface area contributed by atoms with Crippen molar-refractivity contribution in [2.75, 3.05) is 0 Å². The van der Waals surface area contributed by atoms with Crippen molar-refractivity contribution in [3.63, 3.8) is 0 Å². The lowest BCUT2D eigenvalue weighted by molar-refractivity contribution is 0.652. The predicted molar refractivity (Wildman–Crippen MR) is 116 cm³/mol. The summed E-state index contributed by atoms with van der Waals surface area (Å²) in [7, 11) is 0. The molecule has 0 unspecified atom stereocenters. The molecular weight excluding hydrogens is 402 g/mol. The van der Waals surface area contributed by atoms with Crippen LogP contribution in [0.4, 0.5) is 0 Å². The molecule has 0 bridgehead atoms. The molecule has 0 saturated heterocycles. The first-order valence-corrected chi connectivity index (χ1v) is 9.78. The van der Waals surface area contributed by atoms with E-state index in [1.165, 1.54) is 16.9 Å². The summed E-state index contributed by atoms with van der Waals surface area (Å²) in [5.41, 5.74) is 3.07. The molecule has 0 aliphatic rings. The van der Waals surface area contributed by atoms with Crippen molar-refractivity contribution < 1.29 is 0 Å². The van der Waals surface area contributed by atoms with Crippen LogP contribution in [0.1, 0.15) is 5.69 Å². The lowest BCUT2D eigenvalue weighted by Gasteiger charge is -2.06. The van der Waals surface area contributed by atoms with Crippen LogP contribution in [0.5, 0.6) is 0 Å². The Morgan fingerprint density at radius 1 is 1.00 bits per heavy atom. The molecule has 30 heavy (non-hydrogen) atoms. The molecule has 0 radical (unpaired) electrons. The number of halogens is 1. The summed E-state index contributed by atoms with van der Waals surface area (Å²) in [5.74, 6) is 0. The van der Waals surface area contributed by atoms with Crippen LogP contribution in [0.15, 0.2) is 76.6 Å². The van der Waals surface area contributed by atoms with Gasteiger partial charge in [0, 0.05) is 35.7 Å². The minimum atomic E-state index is -0.215. The first-order chi connectivity index (χ1) is 14.6. The van der Waals surface area contributed by atoms with Gasteiger partial charge in [-0.1, -0.05) is 35.9 Å². The van der Waals surface area contributed by atoms with E-state index in [-0.39, 0.29) is 11.1 Å². The van der Waals surface area contributed by atoms with Crippen molar-refractivity contribution in [1.29, 1.82) is 0 Å². The molecule has 0 saturated carbocycles. The molecule has 5 rings (SSSR count). The molecule has 0 aliphatic heterocycles. The lowest BCUT2D eigenvalue weighted by Crippen LogP contribution is -2.22. The fourth-order valence-corrected chi connectivity index (χ4v) is 3.66. The van der Waals surface area contributed by atoms with Gasteiger partial charge in [0.05, 0.1) is 28.6 Å². The highest BCUT2D eigenvalue weighted by molar-refractivity contribution is 6.30. The maximum Gasteiger partial charge on any atom is 0.272 e. The molecule has 0 spiro atoms. The smallest absolute Gasteiger partial charge is 0.272 e.